The normalized spacial score (nSPS) is 10.9. The number of halogens is 2. The Balaban J connectivity index is 1.78. The van der Waals surface area contributed by atoms with E-state index in [1.807, 2.05) is 31.2 Å². The molecule has 0 radical (unpaired) electrons. The van der Waals surface area contributed by atoms with E-state index >= 15 is 0 Å². The zero-order chi connectivity index (χ0) is 16.4. The van der Waals surface area contributed by atoms with Gasteiger partial charge in [0, 0.05) is 5.56 Å². The molecule has 0 saturated carbocycles. The molecule has 3 aromatic rings. The Bertz CT molecular complexity index is 899. The minimum atomic E-state index is -0.0251. The zero-order valence-electron chi connectivity index (χ0n) is 12.2. The maximum Gasteiger partial charge on any atom is 0.173 e. The van der Waals surface area contributed by atoms with Crippen LogP contribution in [0.25, 0.3) is 11.0 Å². The molecule has 0 bridgehead atoms. The highest BCUT2D eigenvalue weighted by atomic mass is 35.5. The van der Waals surface area contributed by atoms with Gasteiger partial charge in [0.1, 0.15) is 5.03 Å². The monoisotopic (exact) mass is 362 g/mol. The van der Waals surface area contributed by atoms with E-state index in [1.165, 1.54) is 11.8 Å². The van der Waals surface area contributed by atoms with Crippen LogP contribution in [0.15, 0.2) is 47.5 Å². The van der Waals surface area contributed by atoms with Crippen molar-refractivity contribution in [2.75, 3.05) is 5.75 Å². The third-order valence-corrected chi connectivity index (χ3v) is 5.09. The van der Waals surface area contributed by atoms with Crippen LogP contribution < -0.4 is 0 Å². The number of rotatable bonds is 4. The molecular formula is C17H12Cl2N2OS. The van der Waals surface area contributed by atoms with Crippen molar-refractivity contribution in [2.45, 2.75) is 11.9 Å². The second-order valence-corrected chi connectivity index (χ2v) is 6.72. The number of aromatic nitrogens is 2. The van der Waals surface area contributed by atoms with E-state index in [2.05, 4.69) is 9.97 Å². The first-order valence-corrected chi connectivity index (χ1v) is 8.63. The maximum absolute atomic E-state index is 12.3. The number of hydrogen-bond acceptors (Lipinski definition) is 4. The number of thioether (sulfide) groups is 1. The number of carbonyl (C=O) groups excluding carboxylic acids is 1. The number of benzene rings is 2. The van der Waals surface area contributed by atoms with Crippen molar-refractivity contribution in [1.29, 1.82) is 0 Å². The first-order valence-electron chi connectivity index (χ1n) is 6.89. The van der Waals surface area contributed by atoms with Gasteiger partial charge in [0.05, 0.1) is 32.5 Å². The van der Waals surface area contributed by atoms with E-state index in [9.17, 15) is 4.79 Å². The summed E-state index contributed by atoms with van der Waals surface area (Å²) in [6.45, 7) is 1.89. The van der Waals surface area contributed by atoms with Crippen molar-refractivity contribution in [2.24, 2.45) is 0 Å². The molecule has 3 nitrogen and oxygen atoms in total. The van der Waals surface area contributed by atoms with E-state index in [4.69, 9.17) is 23.2 Å². The topological polar surface area (TPSA) is 42.9 Å². The number of Topliss-reactive ketones (excluding diaryl/α,β-unsaturated/α-hetero) is 1. The smallest absolute Gasteiger partial charge is 0.173 e. The molecule has 0 atom stereocenters. The predicted octanol–water partition coefficient (Wildman–Crippen LogP) is 5.22. The van der Waals surface area contributed by atoms with Crippen molar-refractivity contribution in [3.8, 4) is 0 Å². The van der Waals surface area contributed by atoms with E-state index in [1.54, 1.807) is 18.2 Å². The fourth-order valence-electron chi connectivity index (χ4n) is 2.10. The third-order valence-electron chi connectivity index (χ3n) is 3.28. The van der Waals surface area contributed by atoms with Gasteiger partial charge in [-0.1, -0.05) is 47.1 Å². The minimum absolute atomic E-state index is 0.0251. The van der Waals surface area contributed by atoms with Crippen molar-refractivity contribution in [3.63, 3.8) is 0 Å². The second-order valence-electron chi connectivity index (χ2n) is 4.94. The SMILES string of the molecule is Cc1nc2ccccc2nc1SCC(=O)c1ccc(Cl)c(Cl)c1. The lowest BCUT2D eigenvalue weighted by Gasteiger charge is -2.06. The van der Waals surface area contributed by atoms with Crippen LogP contribution in [0.2, 0.25) is 10.0 Å². The zero-order valence-corrected chi connectivity index (χ0v) is 14.5. The number of carbonyl (C=O) groups is 1. The van der Waals surface area contributed by atoms with Gasteiger partial charge >= 0.3 is 0 Å². The first kappa shape index (κ1) is 16.2. The Hall–Kier alpha value is -1.62. The van der Waals surface area contributed by atoms with Crippen molar-refractivity contribution < 1.29 is 4.79 Å². The number of aryl methyl sites for hydroxylation is 1. The van der Waals surface area contributed by atoms with Gasteiger partial charge in [0.2, 0.25) is 0 Å². The number of hydrogen-bond donors (Lipinski definition) is 0. The molecule has 1 aromatic heterocycles. The van der Waals surface area contributed by atoms with Crippen molar-refractivity contribution >= 4 is 51.8 Å². The van der Waals surface area contributed by atoms with Gasteiger partial charge in [0.15, 0.2) is 5.78 Å². The van der Waals surface area contributed by atoms with Crippen molar-refractivity contribution in [1.82, 2.24) is 9.97 Å². The van der Waals surface area contributed by atoms with E-state index in [-0.39, 0.29) is 11.5 Å². The molecule has 23 heavy (non-hydrogen) atoms. The fraction of sp³-hybridized carbons (Fsp3) is 0.118. The van der Waals surface area contributed by atoms with Gasteiger partial charge in [-0.15, -0.1) is 0 Å². The Morgan fingerprint density at radius 2 is 1.74 bits per heavy atom. The summed E-state index contributed by atoms with van der Waals surface area (Å²) in [4.78, 5) is 21.4. The van der Waals surface area contributed by atoms with Gasteiger partial charge in [0.25, 0.3) is 0 Å². The quantitative estimate of drug-likeness (QED) is 0.471. The van der Waals surface area contributed by atoms with Crippen LogP contribution >= 0.6 is 35.0 Å². The third kappa shape index (κ3) is 3.66. The molecule has 3 rings (SSSR count). The van der Waals surface area contributed by atoms with Gasteiger partial charge in [-0.3, -0.25) is 4.79 Å². The molecule has 6 heteroatoms. The Morgan fingerprint density at radius 3 is 2.43 bits per heavy atom. The molecule has 0 aliphatic heterocycles. The van der Waals surface area contributed by atoms with Gasteiger partial charge in [-0.25, -0.2) is 9.97 Å². The van der Waals surface area contributed by atoms with E-state index in [0.29, 0.717) is 15.6 Å². The summed E-state index contributed by atoms with van der Waals surface area (Å²) in [5.74, 6) is 0.245. The van der Waals surface area contributed by atoms with Gasteiger partial charge in [-0.05, 0) is 37.3 Å². The van der Waals surface area contributed by atoms with E-state index in [0.717, 1.165) is 21.8 Å². The molecule has 2 aromatic carbocycles. The van der Waals surface area contributed by atoms with Crippen molar-refractivity contribution in [3.05, 3.63) is 63.8 Å². The molecule has 0 saturated heterocycles. The van der Waals surface area contributed by atoms with Crippen LogP contribution in [-0.2, 0) is 0 Å². The van der Waals surface area contributed by atoms with Crippen LogP contribution in [0.5, 0.6) is 0 Å². The van der Waals surface area contributed by atoms with E-state index < -0.39 is 0 Å². The van der Waals surface area contributed by atoms with Crippen LogP contribution in [0.1, 0.15) is 16.1 Å². The summed E-state index contributed by atoms with van der Waals surface area (Å²) in [6, 6.07) is 12.6. The summed E-state index contributed by atoms with van der Waals surface area (Å²) in [5, 5.41) is 1.58. The molecule has 0 N–H and O–H groups in total. The summed E-state index contributed by atoms with van der Waals surface area (Å²) < 4.78 is 0. The Kier molecular flexibility index (Phi) is 4.85. The summed E-state index contributed by atoms with van der Waals surface area (Å²) in [5.41, 5.74) is 3.03. The molecule has 0 spiro atoms. The summed E-state index contributed by atoms with van der Waals surface area (Å²) in [6.07, 6.45) is 0. The number of para-hydroxylation sites is 2. The minimum Gasteiger partial charge on any atom is -0.293 e. The fourth-order valence-corrected chi connectivity index (χ4v) is 3.25. The standard InChI is InChI=1S/C17H12Cl2N2OS/c1-10-17(21-15-5-3-2-4-14(15)20-10)23-9-16(22)11-6-7-12(18)13(19)8-11/h2-8H,9H2,1H3. The summed E-state index contributed by atoms with van der Waals surface area (Å²) >= 11 is 13.2. The van der Waals surface area contributed by atoms with Crippen LogP contribution in [0, 0.1) is 6.92 Å². The molecule has 0 aliphatic rings. The predicted molar refractivity (Wildman–Crippen MR) is 95.8 cm³/mol. The molecule has 1 heterocycles. The lowest BCUT2D eigenvalue weighted by atomic mass is 10.1. The first-order chi connectivity index (χ1) is 11.0. The van der Waals surface area contributed by atoms with Crippen LogP contribution in [0.4, 0.5) is 0 Å². The maximum atomic E-state index is 12.3. The van der Waals surface area contributed by atoms with Crippen LogP contribution in [0.3, 0.4) is 0 Å². The number of ketones is 1. The lowest BCUT2D eigenvalue weighted by Crippen LogP contribution is -2.03. The number of nitrogens with zero attached hydrogens (tertiary/aromatic N) is 2. The summed E-state index contributed by atoms with van der Waals surface area (Å²) in [7, 11) is 0. The lowest BCUT2D eigenvalue weighted by molar-refractivity contribution is 0.102. The average Bonchev–Trinajstić information content (AvgIpc) is 2.55. The molecule has 0 unspecified atom stereocenters. The van der Waals surface area contributed by atoms with Gasteiger partial charge in [-0.2, -0.15) is 0 Å². The average molecular weight is 363 g/mol. The highest BCUT2D eigenvalue weighted by Crippen LogP contribution is 2.25. The molecule has 0 fully saturated rings. The highest BCUT2D eigenvalue weighted by Gasteiger charge is 2.12. The largest absolute Gasteiger partial charge is 0.293 e. The van der Waals surface area contributed by atoms with Gasteiger partial charge < -0.3 is 0 Å². The highest BCUT2D eigenvalue weighted by molar-refractivity contribution is 8.00. The second kappa shape index (κ2) is 6.87. The Morgan fingerprint density at radius 1 is 1.04 bits per heavy atom. The Labute approximate surface area is 148 Å². The number of fused-ring (bicyclic) bond motifs is 1. The molecular weight excluding hydrogens is 351 g/mol. The molecule has 116 valence electrons. The molecule has 0 aliphatic carbocycles. The molecule has 0 amide bonds. The van der Waals surface area contributed by atoms with Crippen LogP contribution in [-0.4, -0.2) is 21.5 Å².